The number of urea groups is 1. The minimum absolute atomic E-state index is 0.133. The SMILES string of the molecule is CC(CO)N(C)C(=O)Nc1cccc(OCC(=O)O)c1. The molecule has 2 amide bonds. The third-order valence-electron chi connectivity index (χ3n) is 2.69. The zero-order chi connectivity index (χ0) is 15.1. The number of nitrogens with one attached hydrogen (secondary N) is 1. The lowest BCUT2D eigenvalue weighted by Gasteiger charge is -2.23. The van der Waals surface area contributed by atoms with E-state index in [1.54, 1.807) is 32.2 Å². The van der Waals surface area contributed by atoms with E-state index in [1.807, 2.05) is 0 Å². The molecule has 0 spiro atoms. The number of hydrogen-bond donors (Lipinski definition) is 3. The number of aliphatic carboxylic acids is 1. The molecule has 7 heteroatoms. The van der Waals surface area contributed by atoms with Crippen LogP contribution in [0.25, 0.3) is 0 Å². The maximum atomic E-state index is 11.9. The number of rotatable bonds is 6. The first-order valence-corrected chi connectivity index (χ1v) is 6.03. The van der Waals surface area contributed by atoms with Crippen LogP contribution in [0, 0.1) is 0 Å². The first-order valence-electron chi connectivity index (χ1n) is 6.03. The average Bonchev–Trinajstić information content (AvgIpc) is 2.43. The van der Waals surface area contributed by atoms with Crippen molar-refractivity contribution in [1.29, 1.82) is 0 Å². The second kappa shape index (κ2) is 7.34. The Morgan fingerprint density at radius 3 is 2.75 bits per heavy atom. The van der Waals surface area contributed by atoms with Crippen molar-refractivity contribution >= 4 is 17.7 Å². The molecule has 20 heavy (non-hydrogen) atoms. The van der Waals surface area contributed by atoms with Gasteiger partial charge in [0.2, 0.25) is 0 Å². The molecule has 1 unspecified atom stereocenters. The van der Waals surface area contributed by atoms with Crippen molar-refractivity contribution in [2.45, 2.75) is 13.0 Å². The van der Waals surface area contributed by atoms with Crippen LogP contribution in [0.15, 0.2) is 24.3 Å². The van der Waals surface area contributed by atoms with Gasteiger partial charge in [-0.15, -0.1) is 0 Å². The Labute approximate surface area is 116 Å². The molecule has 3 N–H and O–H groups in total. The van der Waals surface area contributed by atoms with E-state index >= 15 is 0 Å². The second-order valence-electron chi connectivity index (χ2n) is 4.28. The smallest absolute Gasteiger partial charge is 0.341 e. The number of aliphatic hydroxyl groups is 1. The normalized spacial score (nSPS) is 11.6. The molecule has 1 rings (SSSR count). The highest BCUT2D eigenvalue weighted by atomic mass is 16.5. The van der Waals surface area contributed by atoms with Gasteiger partial charge in [-0.3, -0.25) is 0 Å². The summed E-state index contributed by atoms with van der Waals surface area (Å²) in [5.41, 5.74) is 0.481. The van der Waals surface area contributed by atoms with Crippen molar-refractivity contribution in [2.24, 2.45) is 0 Å². The molecule has 0 bridgehead atoms. The zero-order valence-electron chi connectivity index (χ0n) is 11.4. The summed E-state index contributed by atoms with van der Waals surface area (Å²) in [5.74, 6) is -0.723. The van der Waals surface area contributed by atoms with Gasteiger partial charge >= 0.3 is 12.0 Å². The number of hydrogen-bond acceptors (Lipinski definition) is 4. The van der Waals surface area contributed by atoms with Crippen LogP contribution in [0.3, 0.4) is 0 Å². The average molecular weight is 282 g/mol. The molecule has 1 atom stereocenters. The Balaban J connectivity index is 2.66. The fraction of sp³-hybridized carbons (Fsp3) is 0.385. The van der Waals surface area contributed by atoms with Gasteiger partial charge in [0.05, 0.1) is 12.6 Å². The summed E-state index contributed by atoms with van der Waals surface area (Å²) < 4.78 is 5.01. The molecular weight excluding hydrogens is 264 g/mol. The number of carbonyl (C=O) groups is 2. The summed E-state index contributed by atoms with van der Waals surface area (Å²) in [6, 6.07) is 5.74. The van der Waals surface area contributed by atoms with E-state index in [0.29, 0.717) is 11.4 Å². The maximum Gasteiger partial charge on any atom is 0.341 e. The number of anilines is 1. The minimum Gasteiger partial charge on any atom is -0.482 e. The lowest BCUT2D eigenvalue weighted by atomic mass is 10.3. The largest absolute Gasteiger partial charge is 0.482 e. The minimum atomic E-state index is -1.07. The van der Waals surface area contributed by atoms with Gasteiger partial charge < -0.3 is 25.2 Å². The van der Waals surface area contributed by atoms with E-state index in [-0.39, 0.29) is 18.7 Å². The second-order valence-corrected chi connectivity index (χ2v) is 4.28. The van der Waals surface area contributed by atoms with Crippen LogP contribution in [-0.4, -0.2) is 53.4 Å². The third kappa shape index (κ3) is 4.77. The van der Waals surface area contributed by atoms with Crippen molar-refractivity contribution in [3.63, 3.8) is 0 Å². The van der Waals surface area contributed by atoms with Crippen molar-refractivity contribution in [3.05, 3.63) is 24.3 Å². The number of amides is 2. The van der Waals surface area contributed by atoms with Crippen molar-refractivity contribution in [2.75, 3.05) is 25.6 Å². The molecule has 0 aliphatic carbocycles. The highest BCUT2D eigenvalue weighted by Gasteiger charge is 2.14. The van der Waals surface area contributed by atoms with Gasteiger partial charge in [0, 0.05) is 18.8 Å². The van der Waals surface area contributed by atoms with Crippen molar-refractivity contribution in [3.8, 4) is 5.75 Å². The summed E-state index contributed by atoms with van der Waals surface area (Å²) in [6.45, 7) is 1.14. The number of carbonyl (C=O) groups excluding carboxylic acids is 1. The summed E-state index contributed by atoms with van der Waals surface area (Å²) in [6.07, 6.45) is 0. The van der Waals surface area contributed by atoms with E-state index in [2.05, 4.69) is 5.32 Å². The molecule has 0 saturated heterocycles. The number of aliphatic hydroxyl groups excluding tert-OH is 1. The Bertz CT molecular complexity index is 478. The Morgan fingerprint density at radius 2 is 2.15 bits per heavy atom. The van der Waals surface area contributed by atoms with Crippen LogP contribution in [-0.2, 0) is 4.79 Å². The van der Waals surface area contributed by atoms with Crippen LogP contribution < -0.4 is 10.1 Å². The van der Waals surface area contributed by atoms with Crippen LogP contribution in [0.4, 0.5) is 10.5 Å². The van der Waals surface area contributed by atoms with Crippen LogP contribution >= 0.6 is 0 Å². The zero-order valence-corrected chi connectivity index (χ0v) is 11.4. The number of carboxylic acid groups (broad SMARTS) is 1. The van der Waals surface area contributed by atoms with Crippen molar-refractivity contribution < 1.29 is 24.5 Å². The Hall–Kier alpha value is -2.28. The lowest BCUT2D eigenvalue weighted by Crippen LogP contribution is -2.40. The molecule has 0 heterocycles. The van der Waals surface area contributed by atoms with E-state index in [9.17, 15) is 9.59 Å². The predicted molar refractivity (Wildman–Crippen MR) is 72.9 cm³/mol. The molecule has 7 nitrogen and oxygen atoms in total. The van der Waals surface area contributed by atoms with Gasteiger partial charge in [-0.2, -0.15) is 0 Å². The Morgan fingerprint density at radius 1 is 1.45 bits per heavy atom. The van der Waals surface area contributed by atoms with Gasteiger partial charge in [-0.25, -0.2) is 9.59 Å². The number of likely N-dealkylation sites (N-methyl/N-ethyl adjacent to an activating group) is 1. The van der Waals surface area contributed by atoms with E-state index in [1.165, 1.54) is 11.0 Å². The van der Waals surface area contributed by atoms with Crippen LogP contribution in [0.1, 0.15) is 6.92 Å². The van der Waals surface area contributed by atoms with Gasteiger partial charge in [0.15, 0.2) is 6.61 Å². The summed E-state index contributed by atoms with van der Waals surface area (Å²) >= 11 is 0. The lowest BCUT2D eigenvalue weighted by molar-refractivity contribution is -0.139. The maximum absolute atomic E-state index is 11.9. The van der Waals surface area contributed by atoms with Crippen LogP contribution in [0.5, 0.6) is 5.75 Å². The molecule has 1 aromatic rings. The van der Waals surface area contributed by atoms with Gasteiger partial charge in [0.25, 0.3) is 0 Å². The highest BCUT2D eigenvalue weighted by molar-refractivity contribution is 5.89. The molecule has 0 aliphatic heterocycles. The predicted octanol–water partition coefficient (Wildman–Crippen LogP) is 0.994. The number of benzene rings is 1. The fourth-order valence-corrected chi connectivity index (χ4v) is 1.34. The van der Waals surface area contributed by atoms with Gasteiger partial charge in [-0.1, -0.05) is 6.07 Å². The quantitative estimate of drug-likeness (QED) is 0.722. The fourth-order valence-electron chi connectivity index (χ4n) is 1.34. The molecule has 0 aliphatic rings. The van der Waals surface area contributed by atoms with Crippen molar-refractivity contribution in [1.82, 2.24) is 4.90 Å². The standard InChI is InChI=1S/C13H18N2O5/c1-9(7-16)15(2)13(19)14-10-4-3-5-11(6-10)20-8-12(17)18/h3-6,9,16H,7-8H2,1-2H3,(H,14,19)(H,17,18). The third-order valence-corrected chi connectivity index (χ3v) is 2.69. The molecule has 0 fully saturated rings. The topological polar surface area (TPSA) is 99.1 Å². The monoisotopic (exact) mass is 282 g/mol. The van der Waals surface area contributed by atoms with E-state index in [4.69, 9.17) is 14.9 Å². The summed E-state index contributed by atoms with van der Waals surface area (Å²) in [5, 5.41) is 20.1. The highest BCUT2D eigenvalue weighted by Crippen LogP contribution is 2.17. The first kappa shape index (κ1) is 15.8. The summed E-state index contributed by atoms with van der Waals surface area (Å²) in [4.78, 5) is 23.6. The Kier molecular flexibility index (Phi) is 5.79. The number of ether oxygens (including phenoxy) is 1. The number of carboxylic acids is 1. The molecule has 1 aromatic carbocycles. The summed E-state index contributed by atoms with van der Waals surface area (Å²) in [7, 11) is 1.57. The molecule has 0 aromatic heterocycles. The van der Waals surface area contributed by atoms with E-state index in [0.717, 1.165) is 0 Å². The van der Waals surface area contributed by atoms with Gasteiger partial charge in [0.1, 0.15) is 5.75 Å². The van der Waals surface area contributed by atoms with E-state index < -0.39 is 12.6 Å². The molecule has 110 valence electrons. The molecule has 0 saturated carbocycles. The molecular formula is C13H18N2O5. The van der Waals surface area contributed by atoms with Crippen LogP contribution in [0.2, 0.25) is 0 Å². The molecule has 0 radical (unpaired) electrons. The first-order chi connectivity index (χ1) is 9.43. The number of nitrogens with zero attached hydrogens (tertiary/aromatic N) is 1. The van der Waals surface area contributed by atoms with Gasteiger partial charge in [-0.05, 0) is 19.1 Å².